The summed E-state index contributed by atoms with van der Waals surface area (Å²) in [7, 11) is 0. The molecule has 2 amide bonds. The second-order valence-electron chi connectivity index (χ2n) is 6.24. The van der Waals surface area contributed by atoms with Crippen molar-refractivity contribution in [1.29, 1.82) is 0 Å². The summed E-state index contributed by atoms with van der Waals surface area (Å²) in [6.07, 6.45) is 3.48. The summed E-state index contributed by atoms with van der Waals surface area (Å²) in [4.78, 5) is 28.0. The molecule has 1 heterocycles. The predicted molar refractivity (Wildman–Crippen MR) is 78.5 cm³/mol. The van der Waals surface area contributed by atoms with E-state index in [1.807, 2.05) is 24.3 Å². The molecule has 1 saturated heterocycles. The van der Waals surface area contributed by atoms with Gasteiger partial charge in [-0.1, -0.05) is 45.0 Å². The molecule has 3 rings (SSSR count). The topological polar surface area (TPSA) is 67.8 Å². The Balaban J connectivity index is 1.96. The lowest BCUT2D eigenvalue weighted by Gasteiger charge is -2.14. The van der Waals surface area contributed by atoms with Gasteiger partial charge in [0.25, 0.3) is 11.8 Å². The number of aliphatic imine (C=N–C) groups is 1. The Morgan fingerprint density at radius 1 is 1.19 bits per heavy atom. The van der Waals surface area contributed by atoms with E-state index < -0.39 is 11.0 Å². The van der Waals surface area contributed by atoms with Gasteiger partial charge in [0.05, 0.1) is 0 Å². The van der Waals surface area contributed by atoms with Crippen LogP contribution in [-0.2, 0) is 14.3 Å². The van der Waals surface area contributed by atoms with Gasteiger partial charge in [-0.25, -0.2) is 0 Å². The van der Waals surface area contributed by atoms with Crippen LogP contribution in [0.1, 0.15) is 20.8 Å². The summed E-state index contributed by atoms with van der Waals surface area (Å²) in [6.45, 7) is 5.28. The molecule has 1 spiro atoms. The van der Waals surface area contributed by atoms with E-state index in [1.165, 1.54) is 0 Å². The van der Waals surface area contributed by atoms with Gasteiger partial charge < -0.3 is 4.74 Å². The van der Waals surface area contributed by atoms with Crippen molar-refractivity contribution in [3.05, 3.63) is 34.7 Å². The molecule has 5 nitrogen and oxygen atoms in total. The van der Waals surface area contributed by atoms with Crippen LogP contribution in [0.3, 0.4) is 0 Å². The number of fused-ring (bicyclic) bond motifs is 1. The number of benzene rings is 1. The van der Waals surface area contributed by atoms with Crippen molar-refractivity contribution in [2.45, 2.75) is 26.4 Å². The molecule has 1 aromatic rings. The van der Waals surface area contributed by atoms with E-state index in [4.69, 9.17) is 4.74 Å². The van der Waals surface area contributed by atoms with Gasteiger partial charge in [-0.2, -0.15) is 4.99 Å². The molecular formula is C16H16N2O3. The van der Waals surface area contributed by atoms with E-state index in [2.05, 4.69) is 10.3 Å². The molecule has 1 fully saturated rings. The largest absolute Gasteiger partial charge is 0.439 e. The van der Waals surface area contributed by atoms with E-state index in [1.54, 1.807) is 32.9 Å². The van der Waals surface area contributed by atoms with Crippen molar-refractivity contribution in [3.8, 4) is 0 Å². The molecule has 0 bridgehead atoms. The van der Waals surface area contributed by atoms with E-state index in [9.17, 15) is 9.59 Å². The first-order valence-electron chi connectivity index (χ1n) is 6.75. The summed E-state index contributed by atoms with van der Waals surface area (Å²) >= 11 is 0. The minimum absolute atomic E-state index is 0.0415. The molecular weight excluding hydrogens is 268 g/mol. The third-order valence-electron chi connectivity index (χ3n) is 3.42. The monoisotopic (exact) mass is 284 g/mol. The molecule has 0 unspecified atom stereocenters. The van der Waals surface area contributed by atoms with E-state index >= 15 is 0 Å². The second-order valence-corrected chi connectivity index (χ2v) is 6.24. The van der Waals surface area contributed by atoms with Crippen LogP contribution in [0.25, 0.3) is 12.2 Å². The Morgan fingerprint density at radius 3 is 2.29 bits per heavy atom. The number of ether oxygens (including phenoxy) is 1. The fraction of sp³-hybridized carbons (Fsp3) is 0.312. The molecule has 5 heteroatoms. The van der Waals surface area contributed by atoms with Crippen molar-refractivity contribution in [2.24, 2.45) is 10.4 Å². The highest BCUT2D eigenvalue weighted by Crippen LogP contribution is 2.24. The quantitative estimate of drug-likeness (QED) is 0.733. The van der Waals surface area contributed by atoms with Crippen molar-refractivity contribution in [1.82, 2.24) is 5.32 Å². The van der Waals surface area contributed by atoms with Crippen molar-refractivity contribution in [3.63, 3.8) is 0 Å². The van der Waals surface area contributed by atoms with Crippen LogP contribution in [0.15, 0.2) is 29.3 Å². The number of carbonyl (C=O) groups excluding carboxylic acids is 2. The number of hydrogen-bond donors (Lipinski definition) is 1. The van der Waals surface area contributed by atoms with E-state index in [-0.39, 0.29) is 17.8 Å². The highest BCUT2D eigenvalue weighted by atomic mass is 16.5. The number of amidine groups is 1. The normalized spacial score (nSPS) is 20.5. The zero-order valence-electron chi connectivity index (χ0n) is 12.1. The molecule has 0 atom stereocenters. The average molecular weight is 284 g/mol. The molecule has 0 saturated carbocycles. The van der Waals surface area contributed by atoms with Gasteiger partial charge in [-0.05, 0) is 22.6 Å². The molecule has 1 N–H and O–H groups in total. The van der Waals surface area contributed by atoms with Crippen molar-refractivity contribution >= 4 is 30.0 Å². The maximum Gasteiger partial charge on any atom is 0.301 e. The molecule has 0 radical (unpaired) electrons. The first kappa shape index (κ1) is 13.5. The average Bonchev–Trinajstić information content (AvgIpc) is 2.89. The van der Waals surface area contributed by atoms with Gasteiger partial charge >= 0.3 is 6.02 Å². The number of hydrogen-bond acceptors (Lipinski definition) is 3. The molecule has 0 aromatic heterocycles. The van der Waals surface area contributed by atoms with Gasteiger partial charge in [0.1, 0.15) is 0 Å². The number of nitrogens with one attached hydrogen (secondary N) is 1. The molecule has 108 valence electrons. The smallest absolute Gasteiger partial charge is 0.301 e. The molecule has 21 heavy (non-hydrogen) atoms. The fourth-order valence-corrected chi connectivity index (χ4v) is 2.20. The van der Waals surface area contributed by atoms with Gasteiger partial charge in [-0.3, -0.25) is 14.9 Å². The lowest BCUT2D eigenvalue weighted by atomic mass is 9.96. The molecule has 1 aliphatic heterocycles. The summed E-state index contributed by atoms with van der Waals surface area (Å²) in [5.41, 5.74) is -1.82. The Bertz CT molecular complexity index is 749. The lowest BCUT2D eigenvalue weighted by Crippen LogP contribution is -2.33. The Labute approximate surface area is 122 Å². The summed E-state index contributed by atoms with van der Waals surface area (Å²) in [6, 6.07) is 7.57. The number of rotatable bonds is 0. The predicted octanol–water partition coefficient (Wildman–Crippen LogP) is 0.0751. The Morgan fingerprint density at radius 2 is 1.76 bits per heavy atom. The zero-order chi connectivity index (χ0) is 15.3. The standard InChI is InChI=1S/C16H16N2O3/c1-15(2,3)12(19)17-14-18-13(20)16(21-14)8-10-6-4-5-7-11(10)9-16/h4-9H,1-3H3,(H,17,18,19,20). The number of carbonyl (C=O) groups is 2. The van der Waals surface area contributed by atoms with Crippen LogP contribution in [-0.4, -0.2) is 23.4 Å². The first-order valence-corrected chi connectivity index (χ1v) is 6.75. The summed E-state index contributed by atoms with van der Waals surface area (Å²) in [5, 5.41) is 4.38. The third-order valence-corrected chi connectivity index (χ3v) is 3.42. The van der Waals surface area contributed by atoms with E-state index in [0.29, 0.717) is 0 Å². The van der Waals surface area contributed by atoms with Gasteiger partial charge in [0.2, 0.25) is 5.60 Å². The highest BCUT2D eigenvalue weighted by Gasteiger charge is 2.46. The Hall–Kier alpha value is -2.43. The van der Waals surface area contributed by atoms with Crippen LogP contribution in [0, 0.1) is 5.41 Å². The van der Waals surface area contributed by atoms with Crippen LogP contribution < -0.4 is 15.8 Å². The van der Waals surface area contributed by atoms with Crippen LogP contribution in [0.2, 0.25) is 0 Å². The molecule has 1 aliphatic carbocycles. The van der Waals surface area contributed by atoms with Crippen LogP contribution in [0.5, 0.6) is 0 Å². The van der Waals surface area contributed by atoms with Crippen LogP contribution >= 0.6 is 0 Å². The van der Waals surface area contributed by atoms with Gasteiger partial charge in [-0.15, -0.1) is 0 Å². The van der Waals surface area contributed by atoms with Crippen molar-refractivity contribution < 1.29 is 14.3 Å². The zero-order valence-corrected chi connectivity index (χ0v) is 12.1. The maximum absolute atomic E-state index is 12.2. The number of nitrogens with zero attached hydrogens (tertiary/aromatic N) is 1. The van der Waals surface area contributed by atoms with E-state index in [0.717, 1.165) is 10.4 Å². The first-order chi connectivity index (χ1) is 9.80. The summed E-state index contributed by atoms with van der Waals surface area (Å²) in [5.74, 6) is -0.676. The number of amides is 2. The lowest BCUT2D eigenvalue weighted by molar-refractivity contribution is -0.125. The van der Waals surface area contributed by atoms with Gasteiger partial charge in [0, 0.05) is 5.41 Å². The third kappa shape index (κ3) is 2.24. The van der Waals surface area contributed by atoms with Crippen LogP contribution in [0.4, 0.5) is 0 Å². The highest BCUT2D eigenvalue weighted by molar-refractivity contribution is 6.15. The second kappa shape index (κ2) is 4.28. The minimum atomic E-state index is -1.19. The SMILES string of the molecule is CC(C)(C)C(=O)N=C1NC(=O)C2(C=c3ccccc3=C2)O1. The van der Waals surface area contributed by atoms with Crippen molar-refractivity contribution in [2.75, 3.05) is 0 Å². The Kier molecular flexibility index (Phi) is 2.76. The molecule has 2 aliphatic rings. The minimum Gasteiger partial charge on any atom is -0.439 e. The fourth-order valence-electron chi connectivity index (χ4n) is 2.20. The maximum atomic E-state index is 12.2. The molecule has 1 aromatic carbocycles. The summed E-state index contributed by atoms with van der Waals surface area (Å²) < 4.78 is 5.63. The van der Waals surface area contributed by atoms with Gasteiger partial charge in [0.15, 0.2) is 0 Å².